The summed E-state index contributed by atoms with van der Waals surface area (Å²) in [6.07, 6.45) is -1.08. The number of likely N-dealkylation sites (N-methyl/N-ethyl adjacent to an activating group) is 1. The van der Waals surface area contributed by atoms with E-state index in [1.165, 1.54) is 36.2 Å². The van der Waals surface area contributed by atoms with Crippen LogP contribution in [-0.4, -0.2) is 41.8 Å². The molecule has 0 aliphatic heterocycles. The van der Waals surface area contributed by atoms with E-state index >= 15 is 0 Å². The van der Waals surface area contributed by atoms with Gasteiger partial charge in [-0.15, -0.1) is 0 Å². The summed E-state index contributed by atoms with van der Waals surface area (Å²) in [6.45, 7) is 0.260. The number of aliphatic hydroxyl groups is 1. The molecule has 3 nitrogen and oxygen atoms in total. The summed E-state index contributed by atoms with van der Waals surface area (Å²) < 4.78 is 39.8. The van der Waals surface area contributed by atoms with Crippen LogP contribution in [0.15, 0.2) is 36.4 Å². The molecular formula is C18H22F3NO2. The second kappa shape index (κ2) is 7.83. The highest BCUT2D eigenvalue weighted by atomic mass is 19.4. The van der Waals surface area contributed by atoms with E-state index in [0.29, 0.717) is 12.5 Å². The third-order valence-electron chi connectivity index (χ3n) is 4.41. The summed E-state index contributed by atoms with van der Waals surface area (Å²) in [6, 6.07) is 7.29. The van der Waals surface area contributed by atoms with Crippen LogP contribution in [0.1, 0.15) is 31.2 Å². The van der Waals surface area contributed by atoms with Gasteiger partial charge in [-0.2, -0.15) is 13.2 Å². The van der Waals surface area contributed by atoms with E-state index in [9.17, 15) is 23.1 Å². The molecule has 1 aliphatic carbocycles. The molecule has 0 bridgehead atoms. The number of amides is 1. The van der Waals surface area contributed by atoms with Gasteiger partial charge in [0.1, 0.15) is 0 Å². The number of allylic oxidation sites excluding steroid dienone is 1. The van der Waals surface area contributed by atoms with Gasteiger partial charge in [0.05, 0.1) is 11.7 Å². The molecule has 0 radical (unpaired) electrons. The minimum absolute atomic E-state index is 0.0375. The minimum atomic E-state index is -4.61. The van der Waals surface area contributed by atoms with Gasteiger partial charge in [-0.25, -0.2) is 0 Å². The topological polar surface area (TPSA) is 40.5 Å². The average Bonchev–Trinajstić information content (AvgIpc) is 2.54. The van der Waals surface area contributed by atoms with Crippen molar-refractivity contribution in [2.75, 3.05) is 13.6 Å². The van der Waals surface area contributed by atoms with Gasteiger partial charge in [-0.3, -0.25) is 4.79 Å². The van der Waals surface area contributed by atoms with Crippen molar-refractivity contribution >= 4 is 11.5 Å². The molecule has 0 aromatic heterocycles. The normalized spacial score (nSPS) is 22.3. The number of alkyl halides is 3. The first-order chi connectivity index (χ1) is 11.3. The SMILES string of the molecule is CN(CC1CCCCC1O)C(=O)/C=C(/c1ccccc1)C(F)(F)F. The van der Waals surface area contributed by atoms with E-state index in [0.717, 1.165) is 19.3 Å². The summed E-state index contributed by atoms with van der Waals surface area (Å²) in [5.74, 6) is -0.781. The maximum absolute atomic E-state index is 13.3. The molecule has 1 amide bonds. The summed E-state index contributed by atoms with van der Waals surface area (Å²) in [5.41, 5.74) is -0.992. The van der Waals surface area contributed by atoms with Crippen LogP contribution in [0.3, 0.4) is 0 Å². The Hall–Kier alpha value is -1.82. The van der Waals surface area contributed by atoms with Crippen LogP contribution in [0.2, 0.25) is 0 Å². The fourth-order valence-electron chi connectivity index (χ4n) is 3.02. The predicted octanol–water partition coefficient (Wildman–Crippen LogP) is 3.64. The van der Waals surface area contributed by atoms with E-state index < -0.39 is 23.8 Å². The van der Waals surface area contributed by atoms with Crippen LogP contribution in [0, 0.1) is 5.92 Å². The molecular weight excluding hydrogens is 319 g/mol. The largest absolute Gasteiger partial charge is 0.417 e. The van der Waals surface area contributed by atoms with Gasteiger partial charge in [-0.05, 0) is 18.4 Å². The van der Waals surface area contributed by atoms with E-state index in [2.05, 4.69) is 0 Å². The maximum atomic E-state index is 13.3. The lowest BCUT2D eigenvalue weighted by Crippen LogP contribution is -2.37. The van der Waals surface area contributed by atoms with Crippen molar-refractivity contribution in [3.63, 3.8) is 0 Å². The molecule has 6 heteroatoms. The number of benzene rings is 1. The van der Waals surface area contributed by atoms with Crippen LogP contribution < -0.4 is 0 Å². The lowest BCUT2D eigenvalue weighted by Gasteiger charge is -2.31. The molecule has 2 unspecified atom stereocenters. The van der Waals surface area contributed by atoms with E-state index in [1.54, 1.807) is 6.07 Å². The molecule has 1 aromatic rings. The highest BCUT2D eigenvalue weighted by Crippen LogP contribution is 2.34. The molecule has 1 aromatic carbocycles. The Labute approximate surface area is 139 Å². The van der Waals surface area contributed by atoms with Gasteiger partial charge in [0, 0.05) is 25.6 Å². The number of hydrogen-bond acceptors (Lipinski definition) is 2. The van der Waals surface area contributed by atoms with Gasteiger partial charge in [0.15, 0.2) is 0 Å². The van der Waals surface area contributed by atoms with Crippen LogP contribution >= 0.6 is 0 Å². The first-order valence-corrected chi connectivity index (χ1v) is 8.06. The van der Waals surface area contributed by atoms with E-state index in [4.69, 9.17) is 0 Å². The number of halogens is 3. The number of carbonyl (C=O) groups is 1. The minimum Gasteiger partial charge on any atom is -0.393 e. The Morgan fingerprint density at radius 3 is 2.46 bits per heavy atom. The van der Waals surface area contributed by atoms with Crippen molar-refractivity contribution in [3.8, 4) is 0 Å². The van der Waals surface area contributed by atoms with Crippen LogP contribution in [0.25, 0.3) is 5.57 Å². The lowest BCUT2D eigenvalue weighted by atomic mass is 9.86. The lowest BCUT2D eigenvalue weighted by molar-refractivity contribution is -0.126. The zero-order chi connectivity index (χ0) is 17.7. The highest BCUT2D eigenvalue weighted by molar-refractivity contribution is 5.96. The predicted molar refractivity (Wildman–Crippen MR) is 86.1 cm³/mol. The van der Waals surface area contributed by atoms with Crippen LogP contribution in [-0.2, 0) is 4.79 Å². The number of aliphatic hydroxyl groups excluding tert-OH is 1. The highest BCUT2D eigenvalue weighted by Gasteiger charge is 2.35. The number of rotatable bonds is 4. The molecule has 0 spiro atoms. The first-order valence-electron chi connectivity index (χ1n) is 8.06. The van der Waals surface area contributed by atoms with Gasteiger partial charge in [0.25, 0.3) is 0 Å². The summed E-state index contributed by atoms with van der Waals surface area (Å²) in [5, 5.41) is 9.96. The molecule has 2 atom stereocenters. The first kappa shape index (κ1) is 18.5. The number of nitrogens with zero attached hydrogens (tertiary/aromatic N) is 1. The van der Waals surface area contributed by atoms with Crippen LogP contribution in [0.5, 0.6) is 0 Å². The molecule has 1 fully saturated rings. The third kappa shape index (κ3) is 4.84. The smallest absolute Gasteiger partial charge is 0.393 e. The molecule has 0 heterocycles. The fourth-order valence-corrected chi connectivity index (χ4v) is 3.02. The van der Waals surface area contributed by atoms with Gasteiger partial charge in [0.2, 0.25) is 5.91 Å². The zero-order valence-corrected chi connectivity index (χ0v) is 13.6. The summed E-state index contributed by atoms with van der Waals surface area (Å²) >= 11 is 0. The van der Waals surface area contributed by atoms with Crippen molar-refractivity contribution in [1.29, 1.82) is 0 Å². The molecule has 24 heavy (non-hydrogen) atoms. The second-order valence-electron chi connectivity index (χ2n) is 6.25. The monoisotopic (exact) mass is 341 g/mol. The van der Waals surface area contributed by atoms with Crippen molar-refractivity contribution in [2.24, 2.45) is 5.92 Å². The Morgan fingerprint density at radius 1 is 1.25 bits per heavy atom. The van der Waals surface area contributed by atoms with Crippen molar-refractivity contribution < 1.29 is 23.1 Å². The Balaban J connectivity index is 2.14. The van der Waals surface area contributed by atoms with Gasteiger partial charge < -0.3 is 10.0 Å². The quantitative estimate of drug-likeness (QED) is 0.850. The molecule has 1 N–H and O–H groups in total. The maximum Gasteiger partial charge on any atom is 0.417 e. The van der Waals surface area contributed by atoms with Crippen molar-refractivity contribution in [2.45, 2.75) is 38.0 Å². The molecule has 132 valence electrons. The standard InChI is InChI=1S/C18H22F3NO2/c1-22(12-14-9-5-6-10-16(14)23)17(24)11-15(18(19,20)21)13-7-3-2-4-8-13/h2-4,7-8,11,14,16,23H,5-6,9-10,12H2,1H3/b15-11-. The van der Waals surface area contributed by atoms with Crippen molar-refractivity contribution in [1.82, 2.24) is 4.90 Å². The fraction of sp³-hybridized carbons (Fsp3) is 0.500. The Kier molecular flexibility index (Phi) is 6.04. The van der Waals surface area contributed by atoms with Crippen LogP contribution in [0.4, 0.5) is 13.2 Å². The molecule has 1 saturated carbocycles. The summed E-state index contributed by atoms with van der Waals surface area (Å²) in [7, 11) is 1.47. The van der Waals surface area contributed by atoms with Gasteiger partial charge in [-0.1, -0.05) is 43.2 Å². The Morgan fingerprint density at radius 2 is 1.88 bits per heavy atom. The van der Waals surface area contributed by atoms with Gasteiger partial charge >= 0.3 is 6.18 Å². The Bertz CT molecular complexity index is 584. The molecule has 0 saturated heterocycles. The molecule has 2 rings (SSSR count). The zero-order valence-electron chi connectivity index (χ0n) is 13.6. The average molecular weight is 341 g/mol. The molecule has 1 aliphatic rings. The van der Waals surface area contributed by atoms with Crippen molar-refractivity contribution in [3.05, 3.63) is 42.0 Å². The second-order valence-corrected chi connectivity index (χ2v) is 6.25. The van der Waals surface area contributed by atoms with E-state index in [-0.39, 0.29) is 18.0 Å². The van der Waals surface area contributed by atoms with E-state index in [1.807, 2.05) is 0 Å². The number of carbonyl (C=O) groups excluding carboxylic acids is 1. The third-order valence-corrected chi connectivity index (χ3v) is 4.41. The summed E-state index contributed by atoms with van der Waals surface area (Å²) in [4.78, 5) is 13.5. The number of hydrogen-bond donors (Lipinski definition) is 1.